The summed E-state index contributed by atoms with van der Waals surface area (Å²) in [6, 6.07) is 0. The van der Waals surface area contributed by atoms with E-state index in [-0.39, 0.29) is 6.09 Å². The van der Waals surface area contributed by atoms with Gasteiger partial charge in [0.15, 0.2) is 0 Å². The van der Waals surface area contributed by atoms with E-state index >= 15 is 0 Å². The Morgan fingerprint density at radius 3 is 2.25 bits per heavy atom. The number of ether oxygens (including phenoxy) is 1. The van der Waals surface area contributed by atoms with Gasteiger partial charge in [0.05, 0.1) is 5.60 Å². The van der Waals surface area contributed by atoms with Crippen molar-refractivity contribution in [3.63, 3.8) is 0 Å². The summed E-state index contributed by atoms with van der Waals surface area (Å²) in [4.78, 5) is 13.9. The molecule has 2 N–H and O–H groups in total. The third kappa shape index (κ3) is 7.70. The molecule has 0 aromatic heterocycles. The molecule has 0 aromatic rings. The number of carbonyl (C=O) groups is 1. The van der Waals surface area contributed by atoms with Crippen LogP contribution in [0.3, 0.4) is 0 Å². The fourth-order valence-corrected chi connectivity index (χ4v) is 2.44. The SMILES string of the molecule is CC(C)(O)CN1CCC(CNC(=O)OC(C)(C)C)CC1. The van der Waals surface area contributed by atoms with Gasteiger partial charge < -0.3 is 20.1 Å². The number of hydrogen-bond acceptors (Lipinski definition) is 4. The Kier molecular flexibility index (Phi) is 5.83. The highest BCUT2D eigenvalue weighted by atomic mass is 16.6. The smallest absolute Gasteiger partial charge is 0.407 e. The van der Waals surface area contributed by atoms with Crippen LogP contribution in [0.4, 0.5) is 4.79 Å². The molecule has 0 bridgehead atoms. The molecule has 1 heterocycles. The molecule has 1 amide bonds. The molecule has 0 saturated carbocycles. The molecule has 0 spiro atoms. The van der Waals surface area contributed by atoms with E-state index in [2.05, 4.69) is 10.2 Å². The number of β-amino-alcohol motifs (C(OH)–C–C–N with tert-alkyl or cyclic N) is 1. The van der Waals surface area contributed by atoms with Crippen molar-refractivity contribution in [2.24, 2.45) is 5.92 Å². The molecule has 0 atom stereocenters. The predicted octanol–water partition coefficient (Wildman–Crippen LogP) is 1.99. The molecule has 1 fully saturated rings. The maximum Gasteiger partial charge on any atom is 0.407 e. The molecule has 0 unspecified atom stereocenters. The second kappa shape index (κ2) is 6.76. The highest BCUT2D eigenvalue weighted by Gasteiger charge is 2.24. The second-order valence-corrected chi connectivity index (χ2v) is 7.41. The third-order valence-corrected chi connectivity index (χ3v) is 3.25. The van der Waals surface area contributed by atoms with Crippen LogP contribution in [0, 0.1) is 5.92 Å². The van der Waals surface area contributed by atoms with Crippen molar-refractivity contribution in [3.8, 4) is 0 Å². The van der Waals surface area contributed by atoms with E-state index in [0.29, 0.717) is 19.0 Å². The Morgan fingerprint density at radius 2 is 1.80 bits per heavy atom. The fourth-order valence-electron chi connectivity index (χ4n) is 2.44. The first-order valence-corrected chi connectivity index (χ1v) is 7.47. The lowest BCUT2D eigenvalue weighted by molar-refractivity contribution is 0.0238. The summed E-state index contributed by atoms with van der Waals surface area (Å²) in [6.45, 7) is 12.6. The predicted molar refractivity (Wildman–Crippen MR) is 79.7 cm³/mol. The Morgan fingerprint density at radius 1 is 1.25 bits per heavy atom. The lowest BCUT2D eigenvalue weighted by Gasteiger charge is -2.35. The van der Waals surface area contributed by atoms with Gasteiger partial charge in [0.25, 0.3) is 0 Å². The molecule has 1 aliphatic rings. The van der Waals surface area contributed by atoms with E-state index in [0.717, 1.165) is 25.9 Å². The maximum absolute atomic E-state index is 11.6. The Labute approximate surface area is 122 Å². The molecule has 1 aliphatic heterocycles. The highest BCUT2D eigenvalue weighted by molar-refractivity contribution is 5.67. The van der Waals surface area contributed by atoms with Crippen LogP contribution < -0.4 is 5.32 Å². The van der Waals surface area contributed by atoms with Crippen molar-refractivity contribution in [2.75, 3.05) is 26.2 Å². The Bertz CT molecular complexity index is 310. The summed E-state index contributed by atoms with van der Waals surface area (Å²) in [5.41, 5.74) is -1.08. The molecule has 0 aromatic carbocycles. The van der Waals surface area contributed by atoms with E-state index in [4.69, 9.17) is 4.74 Å². The van der Waals surface area contributed by atoms with Crippen molar-refractivity contribution >= 4 is 6.09 Å². The monoisotopic (exact) mass is 286 g/mol. The van der Waals surface area contributed by atoms with Crippen LogP contribution in [0.25, 0.3) is 0 Å². The maximum atomic E-state index is 11.6. The topological polar surface area (TPSA) is 61.8 Å². The summed E-state index contributed by atoms with van der Waals surface area (Å²) in [6.07, 6.45) is 1.76. The normalized spacial score (nSPS) is 18.9. The molecule has 1 rings (SSSR count). The van der Waals surface area contributed by atoms with Crippen LogP contribution >= 0.6 is 0 Å². The first-order chi connectivity index (χ1) is 9.05. The zero-order valence-corrected chi connectivity index (χ0v) is 13.5. The van der Waals surface area contributed by atoms with Crippen molar-refractivity contribution in [1.29, 1.82) is 0 Å². The van der Waals surface area contributed by atoms with Crippen LogP contribution in [0.2, 0.25) is 0 Å². The van der Waals surface area contributed by atoms with Gasteiger partial charge in [-0.2, -0.15) is 0 Å². The number of nitrogens with zero attached hydrogens (tertiary/aromatic N) is 1. The van der Waals surface area contributed by atoms with Crippen molar-refractivity contribution < 1.29 is 14.6 Å². The number of nitrogens with one attached hydrogen (secondary N) is 1. The first kappa shape index (κ1) is 17.2. The zero-order chi connectivity index (χ0) is 15.4. The van der Waals surface area contributed by atoms with Crippen LogP contribution in [0.15, 0.2) is 0 Å². The Hall–Kier alpha value is -0.810. The van der Waals surface area contributed by atoms with Gasteiger partial charge in [0.1, 0.15) is 5.60 Å². The van der Waals surface area contributed by atoms with E-state index in [1.165, 1.54) is 0 Å². The van der Waals surface area contributed by atoms with Crippen molar-refractivity contribution in [3.05, 3.63) is 0 Å². The fraction of sp³-hybridized carbons (Fsp3) is 0.933. The molecular weight excluding hydrogens is 256 g/mol. The van der Waals surface area contributed by atoms with Gasteiger partial charge >= 0.3 is 6.09 Å². The summed E-state index contributed by atoms with van der Waals surface area (Å²) < 4.78 is 5.22. The highest BCUT2D eigenvalue weighted by Crippen LogP contribution is 2.18. The number of alkyl carbamates (subject to hydrolysis) is 1. The van der Waals surface area contributed by atoms with Crippen LogP contribution in [0.5, 0.6) is 0 Å². The number of piperidine rings is 1. The summed E-state index contributed by atoms with van der Waals surface area (Å²) in [5, 5.41) is 12.6. The summed E-state index contributed by atoms with van der Waals surface area (Å²) in [5.74, 6) is 0.501. The molecule has 5 heteroatoms. The molecule has 1 saturated heterocycles. The van der Waals surface area contributed by atoms with E-state index in [9.17, 15) is 9.90 Å². The molecule has 0 aliphatic carbocycles. The number of amides is 1. The number of carbonyl (C=O) groups excluding carboxylic acids is 1. The van der Waals surface area contributed by atoms with Crippen molar-refractivity contribution in [2.45, 2.75) is 58.7 Å². The standard InChI is InChI=1S/C15H30N2O3/c1-14(2,3)20-13(18)16-10-12-6-8-17(9-7-12)11-15(4,5)19/h12,19H,6-11H2,1-5H3,(H,16,18). The lowest BCUT2D eigenvalue weighted by atomic mass is 9.96. The summed E-state index contributed by atoms with van der Waals surface area (Å²) >= 11 is 0. The average Bonchev–Trinajstić information content (AvgIpc) is 2.23. The zero-order valence-electron chi connectivity index (χ0n) is 13.5. The number of aliphatic hydroxyl groups is 1. The number of rotatable bonds is 4. The van der Waals surface area contributed by atoms with Crippen LogP contribution in [-0.4, -0.2) is 53.5 Å². The van der Waals surface area contributed by atoms with Crippen LogP contribution in [-0.2, 0) is 4.74 Å². The number of likely N-dealkylation sites (tertiary alicyclic amines) is 1. The molecule has 0 radical (unpaired) electrons. The quantitative estimate of drug-likeness (QED) is 0.830. The molecular formula is C15H30N2O3. The minimum Gasteiger partial charge on any atom is -0.444 e. The third-order valence-electron chi connectivity index (χ3n) is 3.25. The van der Waals surface area contributed by atoms with Crippen molar-refractivity contribution in [1.82, 2.24) is 10.2 Å². The number of hydrogen-bond donors (Lipinski definition) is 2. The van der Waals surface area contributed by atoms with E-state index in [1.54, 1.807) is 0 Å². The lowest BCUT2D eigenvalue weighted by Crippen LogP contribution is -2.45. The largest absolute Gasteiger partial charge is 0.444 e. The van der Waals surface area contributed by atoms with Gasteiger partial charge in [-0.25, -0.2) is 4.79 Å². The molecule has 20 heavy (non-hydrogen) atoms. The van der Waals surface area contributed by atoms with Crippen LogP contribution in [0.1, 0.15) is 47.5 Å². The average molecular weight is 286 g/mol. The molecule has 118 valence electrons. The second-order valence-electron chi connectivity index (χ2n) is 7.41. The van der Waals surface area contributed by atoms with Gasteiger partial charge in [0, 0.05) is 13.1 Å². The first-order valence-electron chi connectivity index (χ1n) is 7.47. The van der Waals surface area contributed by atoms with Gasteiger partial charge in [-0.05, 0) is 66.5 Å². The minimum atomic E-state index is -0.637. The summed E-state index contributed by atoms with van der Waals surface area (Å²) in [7, 11) is 0. The minimum absolute atomic E-state index is 0.337. The van der Waals surface area contributed by atoms with E-state index in [1.807, 2.05) is 34.6 Å². The Balaban J connectivity index is 2.21. The van der Waals surface area contributed by atoms with E-state index < -0.39 is 11.2 Å². The molecule has 5 nitrogen and oxygen atoms in total. The van der Waals surface area contributed by atoms with Gasteiger partial charge in [-0.1, -0.05) is 0 Å². The van der Waals surface area contributed by atoms with Gasteiger partial charge in [-0.3, -0.25) is 0 Å². The van der Waals surface area contributed by atoms with Gasteiger partial charge in [0.2, 0.25) is 0 Å². The van der Waals surface area contributed by atoms with Gasteiger partial charge in [-0.15, -0.1) is 0 Å².